The minimum atomic E-state index is -0.0309. The summed E-state index contributed by atoms with van der Waals surface area (Å²) in [5.41, 5.74) is 2.37. The van der Waals surface area contributed by atoms with Gasteiger partial charge in [0.15, 0.2) is 0 Å². The summed E-state index contributed by atoms with van der Waals surface area (Å²) in [7, 11) is 0. The standard InChI is InChI=1S/C16H23NO/c1-12(2)11-17-16(18)10-7-14-5-8-15(9-6-14)13(3)4/h5-10,12-13H,11H2,1-4H3,(H,17,18)/b10-7-. The molecule has 0 spiro atoms. The van der Waals surface area contributed by atoms with Gasteiger partial charge in [-0.25, -0.2) is 0 Å². The lowest BCUT2D eigenvalue weighted by Crippen LogP contribution is -2.25. The highest BCUT2D eigenvalue weighted by atomic mass is 16.1. The summed E-state index contributed by atoms with van der Waals surface area (Å²) in [6.07, 6.45) is 3.44. The van der Waals surface area contributed by atoms with Crippen molar-refractivity contribution in [1.82, 2.24) is 5.32 Å². The van der Waals surface area contributed by atoms with Crippen LogP contribution in [-0.2, 0) is 4.79 Å². The molecular weight excluding hydrogens is 222 g/mol. The quantitative estimate of drug-likeness (QED) is 0.789. The van der Waals surface area contributed by atoms with Crippen LogP contribution in [0.2, 0.25) is 0 Å². The van der Waals surface area contributed by atoms with Gasteiger partial charge < -0.3 is 5.32 Å². The predicted octanol–water partition coefficient (Wildman–Crippen LogP) is 3.60. The number of hydrogen-bond donors (Lipinski definition) is 1. The number of rotatable bonds is 5. The van der Waals surface area contributed by atoms with Crippen molar-refractivity contribution in [2.45, 2.75) is 33.6 Å². The van der Waals surface area contributed by atoms with E-state index in [2.05, 4.69) is 45.1 Å². The molecule has 0 aliphatic heterocycles. The molecule has 1 aromatic rings. The van der Waals surface area contributed by atoms with Gasteiger partial charge in [-0.2, -0.15) is 0 Å². The fraction of sp³-hybridized carbons (Fsp3) is 0.438. The van der Waals surface area contributed by atoms with E-state index in [9.17, 15) is 4.79 Å². The minimum absolute atomic E-state index is 0.0309. The lowest BCUT2D eigenvalue weighted by atomic mass is 10.0. The maximum Gasteiger partial charge on any atom is 0.244 e. The third kappa shape index (κ3) is 5.17. The fourth-order valence-corrected chi connectivity index (χ4v) is 1.53. The van der Waals surface area contributed by atoms with Crippen molar-refractivity contribution in [3.05, 3.63) is 41.5 Å². The van der Waals surface area contributed by atoms with Crippen LogP contribution in [-0.4, -0.2) is 12.5 Å². The number of hydrogen-bond acceptors (Lipinski definition) is 1. The normalized spacial score (nSPS) is 11.4. The van der Waals surface area contributed by atoms with Crippen LogP contribution >= 0.6 is 0 Å². The van der Waals surface area contributed by atoms with Crippen LogP contribution in [0.4, 0.5) is 0 Å². The lowest BCUT2D eigenvalue weighted by molar-refractivity contribution is -0.116. The molecule has 0 saturated carbocycles. The van der Waals surface area contributed by atoms with Gasteiger partial charge in [0.2, 0.25) is 5.91 Å². The minimum Gasteiger partial charge on any atom is -0.352 e. The summed E-state index contributed by atoms with van der Waals surface area (Å²) in [6, 6.07) is 8.30. The molecule has 98 valence electrons. The van der Waals surface area contributed by atoms with E-state index in [0.29, 0.717) is 11.8 Å². The van der Waals surface area contributed by atoms with Crippen molar-refractivity contribution < 1.29 is 4.79 Å². The third-order valence-corrected chi connectivity index (χ3v) is 2.71. The van der Waals surface area contributed by atoms with Crippen LogP contribution in [0.1, 0.15) is 44.7 Å². The molecule has 0 fully saturated rings. The van der Waals surface area contributed by atoms with Crippen molar-refractivity contribution in [2.75, 3.05) is 6.54 Å². The van der Waals surface area contributed by atoms with Crippen molar-refractivity contribution in [1.29, 1.82) is 0 Å². The van der Waals surface area contributed by atoms with Gasteiger partial charge in [0.05, 0.1) is 0 Å². The first kappa shape index (κ1) is 14.5. The summed E-state index contributed by atoms with van der Waals surface area (Å²) in [5, 5.41) is 2.86. The highest BCUT2D eigenvalue weighted by Crippen LogP contribution is 2.15. The zero-order valence-electron chi connectivity index (χ0n) is 11.7. The van der Waals surface area contributed by atoms with Crippen molar-refractivity contribution in [3.8, 4) is 0 Å². The molecule has 0 aromatic heterocycles. The number of nitrogens with one attached hydrogen (secondary N) is 1. The smallest absolute Gasteiger partial charge is 0.244 e. The summed E-state index contributed by atoms with van der Waals surface area (Å²) in [6.45, 7) is 9.22. The molecule has 0 unspecified atom stereocenters. The molecule has 2 nitrogen and oxygen atoms in total. The van der Waals surface area contributed by atoms with Crippen LogP contribution in [0.3, 0.4) is 0 Å². The first-order chi connectivity index (χ1) is 8.49. The van der Waals surface area contributed by atoms with Gasteiger partial charge in [-0.1, -0.05) is 52.0 Å². The second kappa shape index (κ2) is 7.00. The Labute approximate surface area is 110 Å². The van der Waals surface area contributed by atoms with E-state index in [4.69, 9.17) is 0 Å². The molecule has 2 heteroatoms. The summed E-state index contributed by atoms with van der Waals surface area (Å²) < 4.78 is 0. The highest BCUT2D eigenvalue weighted by Gasteiger charge is 1.99. The van der Waals surface area contributed by atoms with E-state index >= 15 is 0 Å². The van der Waals surface area contributed by atoms with E-state index in [1.165, 1.54) is 5.56 Å². The van der Waals surface area contributed by atoms with Gasteiger partial charge >= 0.3 is 0 Å². The largest absolute Gasteiger partial charge is 0.352 e. The molecule has 18 heavy (non-hydrogen) atoms. The Kier molecular flexibility index (Phi) is 5.63. The molecule has 0 bridgehead atoms. The first-order valence-corrected chi connectivity index (χ1v) is 6.55. The van der Waals surface area contributed by atoms with E-state index < -0.39 is 0 Å². The zero-order chi connectivity index (χ0) is 13.5. The van der Waals surface area contributed by atoms with Gasteiger partial charge in [0.1, 0.15) is 0 Å². The Morgan fingerprint density at radius 3 is 2.28 bits per heavy atom. The van der Waals surface area contributed by atoms with Crippen molar-refractivity contribution in [3.63, 3.8) is 0 Å². The Morgan fingerprint density at radius 1 is 1.17 bits per heavy atom. The second-order valence-corrected chi connectivity index (χ2v) is 5.29. The fourth-order valence-electron chi connectivity index (χ4n) is 1.53. The molecule has 1 amide bonds. The molecule has 1 N–H and O–H groups in total. The van der Waals surface area contributed by atoms with Crippen LogP contribution in [0.5, 0.6) is 0 Å². The third-order valence-electron chi connectivity index (χ3n) is 2.71. The monoisotopic (exact) mass is 245 g/mol. The maximum absolute atomic E-state index is 11.5. The van der Waals surface area contributed by atoms with Crippen molar-refractivity contribution in [2.24, 2.45) is 5.92 Å². The molecule has 1 rings (SSSR count). The molecule has 0 saturated heterocycles. The van der Waals surface area contributed by atoms with Crippen LogP contribution in [0.15, 0.2) is 30.3 Å². The Hall–Kier alpha value is -1.57. The Morgan fingerprint density at radius 2 is 1.78 bits per heavy atom. The van der Waals surface area contributed by atoms with E-state index in [1.807, 2.05) is 18.2 Å². The highest BCUT2D eigenvalue weighted by molar-refractivity contribution is 5.91. The van der Waals surface area contributed by atoms with Gasteiger partial charge in [0, 0.05) is 12.6 Å². The van der Waals surface area contributed by atoms with Crippen LogP contribution < -0.4 is 5.32 Å². The first-order valence-electron chi connectivity index (χ1n) is 6.55. The SMILES string of the molecule is CC(C)CNC(=O)/C=C\c1ccc(C(C)C)cc1. The molecule has 0 atom stereocenters. The van der Waals surface area contributed by atoms with Gasteiger partial charge in [-0.05, 0) is 29.0 Å². The summed E-state index contributed by atoms with van der Waals surface area (Å²) >= 11 is 0. The van der Waals surface area contributed by atoms with E-state index in [0.717, 1.165) is 12.1 Å². The zero-order valence-corrected chi connectivity index (χ0v) is 11.7. The molecular formula is C16H23NO. The predicted molar refractivity (Wildman–Crippen MR) is 77.4 cm³/mol. The van der Waals surface area contributed by atoms with E-state index in [-0.39, 0.29) is 5.91 Å². The van der Waals surface area contributed by atoms with Gasteiger partial charge in [-0.3, -0.25) is 4.79 Å². The molecule has 0 radical (unpaired) electrons. The van der Waals surface area contributed by atoms with Crippen LogP contribution in [0, 0.1) is 5.92 Å². The molecule has 0 aliphatic carbocycles. The average Bonchev–Trinajstić information content (AvgIpc) is 2.34. The number of carbonyl (C=O) groups is 1. The maximum atomic E-state index is 11.5. The second-order valence-electron chi connectivity index (χ2n) is 5.29. The van der Waals surface area contributed by atoms with Gasteiger partial charge in [-0.15, -0.1) is 0 Å². The topological polar surface area (TPSA) is 29.1 Å². The lowest BCUT2D eigenvalue weighted by Gasteiger charge is -2.05. The van der Waals surface area contributed by atoms with Crippen LogP contribution in [0.25, 0.3) is 6.08 Å². The average molecular weight is 245 g/mol. The molecule has 1 aromatic carbocycles. The number of benzene rings is 1. The molecule has 0 heterocycles. The summed E-state index contributed by atoms with van der Waals surface area (Å²) in [4.78, 5) is 11.5. The Balaban J connectivity index is 2.53. The summed E-state index contributed by atoms with van der Waals surface area (Å²) in [5.74, 6) is 0.988. The Bertz CT molecular complexity index is 402. The molecule has 0 aliphatic rings. The number of carbonyl (C=O) groups excluding carboxylic acids is 1. The van der Waals surface area contributed by atoms with Crippen molar-refractivity contribution >= 4 is 12.0 Å². The number of amides is 1. The van der Waals surface area contributed by atoms with E-state index in [1.54, 1.807) is 6.08 Å². The van der Waals surface area contributed by atoms with Gasteiger partial charge in [0.25, 0.3) is 0 Å².